The number of aromatic nitrogens is 2. The second-order valence-corrected chi connectivity index (χ2v) is 12.6. The molecule has 8 heteroatoms. The summed E-state index contributed by atoms with van der Waals surface area (Å²) in [5.41, 5.74) is 11.4. The molecule has 2 N–H and O–H groups in total. The number of hydrogen-bond acceptors (Lipinski definition) is 6. The van der Waals surface area contributed by atoms with Gasteiger partial charge in [0.2, 0.25) is 0 Å². The van der Waals surface area contributed by atoms with Crippen molar-refractivity contribution in [3.05, 3.63) is 116 Å². The second kappa shape index (κ2) is 10.3. The van der Waals surface area contributed by atoms with Crippen LogP contribution in [0.3, 0.4) is 0 Å². The van der Waals surface area contributed by atoms with Crippen molar-refractivity contribution in [1.29, 1.82) is 0 Å². The number of rotatable bonds is 5. The molecule has 0 aliphatic carbocycles. The minimum absolute atomic E-state index is 0.219. The van der Waals surface area contributed by atoms with Crippen LogP contribution in [0.4, 0.5) is 5.82 Å². The molecule has 36 heavy (non-hydrogen) atoms. The molecule has 0 spiro atoms. The molecule has 0 radical (unpaired) electrons. The number of halogens is 2. The molecule has 3 aromatic carbocycles. The Balaban J connectivity index is 1.41. The Kier molecular flexibility index (Phi) is 6.88. The maximum Gasteiger partial charge on any atom is 0.191 e. The lowest BCUT2D eigenvalue weighted by molar-refractivity contribution is 0.893. The van der Waals surface area contributed by atoms with Crippen LogP contribution in [-0.4, -0.2) is 9.97 Å². The maximum absolute atomic E-state index is 6.61. The molecule has 0 amide bonds. The molecular formula is C28H21Cl2N3S3. The van der Waals surface area contributed by atoms with Crippen LogP contribution in [-0.2, 0) is 12.2 Å². The number of nitrogens with two attached hydrogens (primary N) is 1. The van der Waals surface area contributed by atoms with E-state index < -0.39 is 0 Å². The van der Waals surface area contributed by atoms with Gasteiger partial charge in [-0.15, -0.1) is 23.1 Å². The smallest absolute Gasteiger partial charge is 0.191 e. The third-order valence-electron chi connectivity index (χ3n) is 6.30. The number of thiophene rings is 1. The van der Waals surface area contributed by atoms with E-state index in [0.29, 0.717) is 32.0 Å². The zero-order valence-electron chi connectivity index (χ0n) is 19.0. The molecule has 180 valence electrons. The van der Waals surface area contributed by atoms with Crippen molar-refractivity contribution in [3.8, 4) is 0 Å². The van der Waals surface area contributed by atoms with Gasteiger partial charge in [0.25, 0.3) is 0 Å². The van der Waals surface area contributed by atoms with Crippen LogP contribution < -0.4 is 5.73 Å². The van der Waals surface area contributed by atoms with Crippen molar-refractivity contribution in [3.63, 3.8) is 0 Å². The normalized spacial score (nSPS) is 17.3. The Morgan fingerprint density at radius 2 is 1.53 bits per heavy atom. The molecule has 0 saturated heterocycles. The summed E-state index contributed by atoms with van der Waals surface area (Å²) in [4.78, 5) is 11.9. The largest absolute Gasteiger partial charge is 0.383 e. The monoisotopic (exact) mass is 565 g/mol. The molecule has 2 aromatic heterocycles. The number of nitrogen functional groups attached to an aromatic ring is 1. The molecular weight excluding hydrogens is 545 g/mol. The van der Waals surface area contributed by atoms with Gasteiger partial charge in [-0.3, -0.25) is 0 Å². The third-order valence-corrected chi connectivity index (χ3v) is 10.8. The van der Waals surface area contributed by atoms with Gasteiger partial charge in [0.15, 0.2) is 5.16 Å². The van der Waals surface area contributed by atoms with Crippen LogP contribution in [0.25, 0.3) is 10.2 Å². The van der Waals surface area contributed by atoms with E-state index in [0.717, 1.165) is 22.2 Å². The number of benzene rings is 3. The fourth-order valence-corrected chi connectivity index (χ4v) is 9.22. The van der Waals surface area contributed by atoms with Crippen molar-refractivity contribution in [2.45, 2.75) is 27.8 Å². The van der Waals surface area contributed by atoms with E-state index in [9.17, 15) is 0 Å². The van der Waals surface area contributed by atoms with E-state index >= 15 is 0 Å². The van der Waals surface area contributed by atoms with Gasteiger partial charge in [-0.05, 0) is 40.8 Å². The zero-order chi connectivity index (χ0) is 24.6. The van der Waals surface area contributed by atoms with Crippen molar-refractivity contribution in [2.75, 3.05) is 5.73 Å². The van der Waals surface area contributed by atoms with Gasteiger partial charge < -0.3 is 5.73 Å². The van der Waals surface area contributed by atoms with Crippen LogP contribution in [0.2, 0.25) is 10.0 Å². The zero-order valence-corrected chi connectivity index (χ0v) is 23.0. The van der Waals surface area contributed by atoms with Crippen LogP contribution in [0.5, 0.6) is 0 Å². The highest BCUT2D eigenvalue weighted by Gasteiger charge is 2.34. The van der Waals surface area contributed by atoms with Gasteiger partial charge in [-0.1, -0.05) is 102 Å². The molecule has 6 rings (SSSR count). The van der Waals surface area contributed by atoms with E-state index in [1.165, 1.54) is 33.3 Å². The molecule has 3 heterocycles. The number of hydrogen-bond donors (Lipinski definition) is 1. The van der Waals surface area contributed by atoms with Crippen molar-refractivity contribution in [2.24, 2.45) is 0 Å². The average Bonchev–Trinajstić information content (AvgIpc) is 3.28. The predicted molar refractivity (Wildman–Crippen MR) is 157 cm³/mol. The summed E-state index contributed by atoms with van der Waals surface area (Å²) in [5, 5.41) is 3.47. The Morgan fingerprint density at radius 3 is 2.22 bits per heavy atom. The van der Waals surface area contributed by atoms with E-state index in [-0.39, 0.29) is 5.25 Å². The lowest BCUT2D eigenvalue weighted by Crippen LogP contribution is -2.12. The van der Waals surface area contributed by atoms with Gasteiger partial charge in [-0.25, -0.2) is 9.97 Å². The first-order valence-electron chi connectivity index (χ1n) is 11.5. The molecule has 2 atom stereocenters. The highest BCUT2D eigenvalue weighted by Crippen LogP contribution is 2.56. The molecule has 0 saturated carbocycles. The summed E-state index contributed by atoms with van der Waals surface area (Å²) in [5.74, 6) is 1.11. The number of nitrogens with zero attached hydrogens (tertiary/aromatic N) is 2. The van der Waals surface area contributed by atoms with Crippen molar-refractivity contribution >= 4 is 74.1 Å². The van der Waals surface area contributed by atoms with E-state index in [2.05, 4.69) is 60.7 Å². The summed E-state index contributed by atoms with van der Waals surface area (Å²) in [6.07, 6.45) is 0.905. The van der Waals surface area contributed by atoms with Gasteiger partial charge in [0.05, 0.1) is 10.6 Å². The van der Waals surface area contributed by atoms with Crippen molar-refractivity contribution in [1.82, 2.24) is 9.97 Å². The summed E-state index contributed by atoms with van der Waals surface area (Å²) < 4.78 is 0. The van der Waals surface area contributed by atoms with Gasteiger partial charge in [-0.2, -0.15) is 0 Å². The lowest BCUT2D eigenvalue weighted by atomic mass is 9.98. The van der Waals surface area contributed by atoms with Crippen LogP contribution in [0.1, 0.15) is 37.6 Å². The Bertz CT molecular complexity index is 1520. The van der Waals surface area contributed by atoms with Crippen LogP contribution >= 0.6 is 58.1 Å². The Labute approximate surface area is 232 Å². The summed E-state index contributed by atoms with van der Waals surface area (Å²) >= 11 is 18.0. The number of fused-ring (bicyclic) bond motifs is 3. The third kappa shape index (κ3) is 4.61. The van der Waals surface area contributed by atoms with E-state index in [1.54, 1.807) is 11.3 Å². The van der Waals surface area contributed by atoms with Crippen molar-refractivity contribution < 1.29 is 0 Å². The van der Waals surface area contributed by atoms with E-state index in [4.69, 9.17) is 38.9 Å². The van der Waals surface area contributed by atoms with Gasteiger partial charge >= 0.3 is 0 Å². The molecule has 5 aromatic rings. The second-order valence-electron chi connectivity index (χ2n) is 8.54. The van der Waals surface area contributed by atoms with Crippen LogP contribution in [0, 0.1) is 0 Å². The quantitative estimate of drug-likeness (QED) is 0.170. The predicted octanol–water partition coefficient (Wildman–Crippen LogP) is 8.99. The van der Waals surface area contributed by atoms with E-state index in [1.807, 2.05) is 30.0 Å². The first-order valence-corrected chi connectivity index (χ1v) is 15.0. The first-order chi connectivity index (χ1) is 17.6. The maximum atomic E-state index is 6.61. The molecule has 1 aliphatic rings. The molecule has 0 bridgehead atoms. The van der Waals surface area contributed by atoms with Gasteiger partial charge in [0.1, 0.15) is 10.6 Å². The standard InChI is InChI=1S/C28H21Cl2N3S3/c29-20-12-7-13-21(30)19(20)15-34-28-32-26(31)23-18-14-22(16-8-3-1-4-9-16)35-24(17-10-5-2-6-11-17)25(18)36-27(23)33-28/h1-13,22,24H,14-15H2,(H2,31,32,33)/t22-,24+/m0/s1. The molecule has 3 nitrogen and oxygen atoms in total. The number of thioether (sulfide) groups is 2. The summed E-state index contributed by atoms with van der Waals surface area (Å²) in [6, 6.07) is 27.0. The highest BCUT2D eigenvalue weighted by molar-refractivity contribution is 8.00. The minimum atomic E-state index is 0.219. The number of anilines is 1. The molecule has 0 fully saturated rings. The topological polar surface area (TPSA) is 51.8 Å². The summed E-state index contributed by atoms with van der Waals surface area (Å²) in [7, 11) is 0. The fourth-order valence-electron chi connectivity index (χ4n) is 4.55. The fraction of sp³-hybridized carbons (Fsp3) is 0.143. The molecule has 1 aliphatic heterocycles. The SMILES string of the molecule is Nc1nc(SCc2c(Cl)cccc2Cl)nc2sc3c(c12)C[C@@H](c1ccccc1)S[C@@H]3c1ccccc1. The molecule has 0 unspecified atom stereocenters. The van der Waals surface area contributed by atoms with Gasteiger partial charge in [0, 0.05) is 25.9 Å². The Morgan fingerprint density at radius 1 is 0.861 bits per heavy atom. The first kappa shape index (κ1) is 24.1. The summed E-state index contributed by atoms with van der Waals surface area (Å²) in [6.45, 7) is 0. The average molecular weight is 567 g/mol. The highest BCUT2D eigenvalue weighted by atomic mass is 35.5. The Hall–Kier alpha value is -2.22. The van der Waals surface area contributed by atoms with Crippen LogP contribution in [0.15, 0.2) is 84.0 Å². The minimum Gasteiger partial charge on any atom is -0.383 e. The lowest BCUT2D eigenvalue weighted by Gasteiger charge is -2.30.